The van der Waals surface area contributed by atoms with E-state index in [4.69, 9.17) is 10.5 Å². The second-order valence-electron chi connectivity index (χ2n) is 3.40. The smallest absolute Gasteiger partial charge is 0.269 e. The van der Waals surface area contributed by atoms with Crippen molar-refractivity contribution in [2.75, 3.05) is 26.3 Å². The van der Waals surface area contributed by atoms with Crippen LogP contribution in [-0.2, 0) is 11.8 Å². The Bertz CT molecular complexity index is 324. The molecule has 1 rings (SSSR count). The molecule has 0 saturated heterocycles. The molecule has 1 amide bonds. The van der Waals surface area contributed by atoms with Crippen LogP contribution in [0.25, 0.3) is 0 Å². The molecule has 0 saturated carbocycles. The van der Waals surface area contributed by atoms with Crippen molar-refractivity contribution < 1.29 is 9.53 Å². The van der Waals surface area contributed by atoms with Gasteiger partial charge in [0.25, 0.3) is 5.91 Å². The summed E-state index contributed by atoms with van der Waals surface area (Å²) in [5, 5.41) is 2.79. The van der Waals surface area contributed by atoms with E-state index in [1.807, 2.05) is 0 Å². The summed E-state index contributed by atoms with van der Waals surface area (Å²) in [4.78, 5) is 15.5. The van der Waals surface area contributed by atoms with E-state index in [0.29, 0.717) is 32.0 Å². The van der Waals surface area contributed by atoms with Gasteiger partial charge in [0, 0.05) is 26.7 Å². The van der Waals surface area contributed by atoms with Gasteiger partial charge in [0.2, 0.25) is 0 Å². The lowest BCUT2D eigenvalue weighted by Gasteiger charge is -2.05. The van der Waals surface area contributed by atoms with Crippen LogP contribution in [0.4, 0.5) is 0 Å². The Labute approximate surface area is 94.8 Å². The van der Waals surface area contributed by atoms with Crippen molar-refractivity contribution in [3.05, 3.63) is 18.2 Å². The average Bonchev–Trinajstić information content (AvgIpc) is 2.69. The van der Waals surface area contributed by atoms with E-state index < -0.39 is 0 Å². The van der Waals surface area contributed by atoms with Gasteiger partial charge in [-0.05, 0) is 6.42 Å². The van der Waals surface area contributed by atoms with Gasteiger partial charge in [-0.3, -0.25) is 4.79 Å². The maximum Gasteiger partial charge on any atom is 0.269 e. The molecule has 0 spiro atoms. The van der Waals surface area contributed by atoms with Crippen molar-refractivity contribution in [3.8, 4) is 0 Å². The monoisotopic (exact) mass is 226 g/mol. The molecule has 0 atom stereocenters. The molecule has 3 N–H and O–H groups in total. The van der Waals surface area contributed by atoms with Gasteiger partial charge in [-0.2, -0.15) is 0 Å². The second kappa shape index (κ2) is 6.97. The zero-order valence-corrected chi connectivity index (χ0v) is 9.48. The molecule has 6 heteroatoms. The third-order valence-electron chi connectivity index (χ3n) is 2.06. The fourth-order valence-electron chi connectivity index (χ4n) is 1.23. The van der Waals surface area contributed by atoms with Crippen LogP contribution in [0.1, 0.15) is 16.9 Å². The highest BCUT2D eigenvalue weighted by molar-refractivity contribution is 5.92. The predicted molar refractivity (Wildman–Crippen MR) is 60.0 cm³/mol. The summed E-state index contributed by atoms with van der Waals surface area (Å²) < 4.78 is 6.87. The van der Waals surface area contributed by atoms with Crippen LogP contribution in [0, 0.1) is 0 Å². The maximum absolute atomic E-state index is 11.6. The number of imidazole rings is 1. The van der Waals surface area contributed by atoms with Crippen LogP contribution >= 0.6 is 0 Å². The molecule has 1 aromatic rings. The molecule has 0 unspecified atom stereocenters. The third-order valence-corrected chi connectivity index (χ3v) is 2.06. The number of carbonyl (C=O) groups excluding carboxylic acids is 1. The van der Waals surface area contributed by atoms with E-state index in [1.165, 1.54) is 0 Å². The standard InChI is InChI=1S/C10H18N4O2/c1-14-8-12-7-9(14)10(15)13-4-2-5-16-6-3-11/h7-8H,2-6,11H2,1H3,(H,13,15). The molecule has 1 heterocycles. The summed E-state index contributed by atoms with van der Waals surface area (Å²) in [6.07, 6.45) is 3.92. The number of nitrogens with zero attached hydrogens (tertiary/aromatic N) is 2. The van der Waals surface area contributed by atoms with Crippen molar-refractivity contribution in [1.82, 2.24) is 14.9 Å². The van der Waals surface area contributed by atoms with E-state index in [0.717, 1.165) is 6.42 Å². The normalized spacial score (nSPS) is 10.4. The summed E-state index contributed by atoms with van der Waals surface area (Å²) in [5.41, 5.74) is 5.83. The maximum atomic E-state index is 11.6. The number of carbonyl (C=O) groups is 1. The topological polar surface area (TPSA) is 82.2 Å². The molecule has 0 aliphatic rings. The minimum absolute atomic E-state index is 0.112. The highest BCUT2D eigenvalue weighted by Crippen LogP contribution is 1.95. The first kappa shape index (κ1) is 12.7. The molecular formula is C10H18N4O2. The summed E-state index contributed by atoms with van der Waals surface area (Å²) in [6, 6.07) is 0. The molecule has 0 aliphatic heterocycles. The Hall–Kier alpha value is -1.40. The molecule has 0 fully saturated rings. The van der Waals surface area contributed by atoms with Gasteiger partial charge in [-0.25, -0.2) is 4.98 Å². The van der Waals surface area contributed by atoms with Crippen molar-refractivity contribution in [2.24, 2.45) is 12.8 Å². The van der Waals surface area contributed by atoms with Gasteiger partial charge < -0.3 is 20.4 Å². The number of ether oxygens (including phenoxy) is 1. The highest BCUT2D eigenvalue weighted by Gasteiger charge is 2.07. The van der Waals surface area contributed by atoms with E-state index in [9.17, 15) is 4.79 Å². The molecule has 90 valence electrons. The first-order chi connectivity index (χ1) is 7.75. The minimum atomic E-state index is -0.112. The van der Waals surface area contributed by atoms with Crippen molar-refractivity contribution >= 4 is 5.91 Å². The Kier molecular flexibility index (Phi) is 5.52. The minimum Gasteiger partial charge on any atom is -0.380 e. The van der Waals surface area contributed by atoms with Crippen molar-refractivity contribution in [3.63, 3.8) is 0 Å². The fourth-order valence-corrected chi connectivity index (χ4v) is 1.23. The van der Waals surface area contributed by atoms with Gasteiger partial charge in [0.05, 0.1) is 19.1 Å². The van der Waals surface area contributed by atoms with Gasteiger partial charge in [0.15, 0.2) is 0 Å². The Morgan fingerprint density at radius 1 is 1.62 bits per heavy atom. The molecular weight excluding hydrogens is 208 g/mol. The molecule has 0 aliphatic carbocycles. The Morgan fingerprint density at radius 3 is 3.06 bits per heavy atom. The van der Waals surface area contributed by atoms with Gasteiger partial charge >= 0.3 is 0 Å². The van der Waals surface area contributed by atoms with Crippen molar-refractivity contribution in [2.45, 2.75) is 6.42 Å². The SMILES string of the molecule is Cn1cncc1C(=O)NCCCOCCN. The average molecular weight is 226 g/mol. The Morgan fingerprint density at radius 2 is 2.44 bits per heavy atom. The van der Waals surface area contributed by atoms with Crippen LogP contribution in [-0.4, -0.2) is 41.8 Å². The summed E-state index contributed by atoms with van der Waals surface area (Å²) in [5.74, 6) is -0.112. The third kappa shape index (κ3) is 4.00. The summed E-state index contributed by atoms with van der Waals surface area (Å²) >= 11 is 0. The van der Waals surface area contributed by atoms with Crippen LogP contribution in [0.3, 0.4) is 0 Å². The Balaban J connectivity index is 2.14. The fraction of sp³-hybridized carbons (Fsp3) is 0.600. The number of rotatable bonds is 7. The van der Waals surface area contributed by atoms with E-state index in [-0.39, 0.29) is 5.91 Å². The molecule has 16 heavy (non-hydrogen) atoms. The largest absolute Gasteiger partial charge is 0.380 e. The van der Waals surface area contributed by atoms with Gasteiger partial charge in [0.1, 0.15) is 5.69 Å². The quantitative estimate of drug-likeness (QED) is 0.615. The predicted octanol–water partition coefficient (Wildman–Crippen LogP) is -0.485. The summed E-state index contributed by atoms with van der Waals surface area (Å²) in [7, 11) is 1.78. The van der Waals surface area contributed by atoms with Gasteiger partial charge in [-0.15, -0.1) is 0 Å². The van der Waals surface area contributed by atoms with Crippen LogP contribution in [0.15, 0.2) is 12.5 Å². The molecule has 0 radical (unpaired) electrons. The number of aromatic nitrogens is 2. The zero-order chi connectivity index (χ0) is 11.8. The van der Waals surface area contributed by atoms with Crippen molar-refractivity contribution in [1.29, 1.82) is 0 Å². The number of hydrogen-bond donors (Lipinski definition) is 2. The zero-order valence-electron chi connectivity index (χ0n) is 9.48. The summed E-state index contributed by atoms with van der Waals surface area (Å²) in [6.45, 7) is 2.30. The first-order valence-electron chi connectivity index (χ1n) is 5.28. The number of nitrogens with one attached hydrogen (secondary N) is 1. The number of nitrogens with two attached hydrogens (primary N) is 1. The van der Waals surface area contributed by atoms with E-state index in [2.05, 4.69) is 10.3 Å². The lowest BCUT2D eigenvalue weighted by molar-refractivity contribution is 0.0935. The second-order valence-corrected chi connectivity index (χ2v) is 3.40. The lowest BCUT2D eigenvalue weighted by atomic mass is 10.4. The van der Waals surface area contributed by atoms with Gasteiger partial charge in [-0.1, -0.05) is 0 Å². The van der Waals surface area contributed by atoms with Crippen LogP contribution in [0.2, 0.25) is 0 Å². The molecule has 6 nitrogen and oxygen atoms in total. The number of amides is 1. The molecule has 1 aromatic heterocycles. The molecule has 0 bridgehead atoms. The highest BCUT2D eigenvalue weighted by atomic mass is 16.5. The van der Waals surface area contributed by atoms with Crippen LogP contribution < -0.4 is 11.1 Å². The first-order valence-corrected chi connectivity index (χ1v) is 5.28. The van der Waals surface area contributed by atoms with E-state index in [1.54, 1.807) is 24.1 Å². The van der Waals surface area contributed by atoms with E-state index >= 15 is 0 Å². The number of aryl methyl sites for hydroxylation is 1. The molecule has 0 aromatic carbocycles. The lowest BCUT2D eigenvalue weighted by Crippen LogP contribution is -2.27. The van der Waals surface area contributed by atoms with Crippen LogP contribution in [0.5, 0.6) is 0 Å². The number of hydrogen-bond acceptors (Lipinski definition) is 4.